The van der Waals surface area contributed by atoms with Gasteiger partial charge < -0.3 is 14.7 Å². The van der Waals surface area contributed by atoms with Gasteiger partial charge >= 0.3 is 5.97 Å². The number of benzene rings is 1. The maximum atomic E-state index is 12.9. The average Bonchev–Trinajstić information content (AvgIpc) is 2.37. The van der Waals surface area contributed by atoms with Crippen LogP contribution in [0.3, 0.4) is 0 Å². The first-order valence-corrected chi connectivity index (χ1v) is 5.77. The van der Waals surface area contributed by atoms with E-state index in [0.717, 1.165) is 11.0 Å². The van der Waals surface area contributed by atoms with E-state index >= 15 is 0 Å². The summed E-state index contributed by atoms with van der Waals surface area (Å²) in [6, 6.07) is 2.74. The van der Waals surface area contributed by atoms with Gasteiger partial charge in [-0.15, -0.1) is 0 Å². The summed E-state index contributed by atoms with van der Waals surface area (Å²) in [5.41, 5.74) is 0. The molecule has 0 bridgehead atoms. The largest absolute Gasteiger partial charge is 0.484 e. The average molecular weight is 290 g/mol. The van der Waals surface area contributed by atoms with Crippen LogP contribution in [0.4, 0.5) is 4.39 Å². The van der Waals surface area contributed by atoms with Crippen molar-refractivity contribution in [2.75, 3.05) is 13.7 Å². The van der Waals surface area contributed by atoms with Crippen molar-refractivity contribution in [3.05, 3.63) is 29.0 Å². The van der Waals surface area contributed by atoms with Crippen LogP contribution in [-0.4, -0.2) is 41.6 Å². The van der Waals surface area contributed by atoms with Gasteiger partial charge in [-0.25, -0.2) is 9.18 Å². The number of carboxylic acid groups (broad SMARTS) is 1. The van der Waals surface area contributed by atoms with Gasteiger partial charge in [0.2, 0.25) is 0 Å². The van der Waals surface area contributed by atoms with E-state index in [0.29, 0.717) is 0 Å². The molecule has 19 heavy (non-hydrogen) atoms. The van der Waals surface area contributed by atoms with Crippen molar-refractivity contribution >= 4 is 23.5 Å². The van der Waals surface area contributed by atoms with Crippen LogP contribution in [0.15, 0.2) is 18.2 Å². The third-order valence-electron chi connectivity index (χ3n) is 2.59. The lowest BCUT2D eigenvalue weighted by molar-refractivity contribution is -0.148. The molecule has 0 saturated heterocycles. The number of likely N-dealkylation sites (N-methyl/N-ethyl adjacent to an activating group) is 1. The molecule has 0 heterocycles. The molecule has 1 rings (SSSR count). The van der Waals surface area contributed by atoms with Crippen molar-refractivity contribution in [3.8, 4) is 5.75 Å². The predicted molar refractivity (Wildman–Crippen MR) is 66.8 cm³/mol. The summed E-state index contributed by atoms with van der Waals surface area (Å²) >= 11 is 5.56. The number of aliphatic carboxylic acids is 1. The van der Waals surface area contributed by atoms with Crippen LogP contribution in [0, 0.1) is 5.82 Å². The number of nitrogens with zero attached hydrogens (tertiary/aromatic N) is 1. The molecular weight excluding hydrogens is 277 g/mol. The fraction of sp³-hybridized carbons (Fsp3) is 0.333. The number of rotatable bonds is 5. The van der Waals surface area contributed by atoms with Crippen LogP contribution in [-0.2, 0) is 9.59 Å². The Hall–Kier alpha value is -1.82. The van der Waals surface area contributed by atoms with Gasteiger partial charge in [0.25, 0.3) is 5.91 Å². The molecule has 0 saturated carbocycles. The first-order chi connectivity index (χ1) is 8.82. The second-order valence-corrected chi connectivity index (χ2v) is 4.29. The molecule has 104 valence electrons. The molecule has 1 aromatic rings. The minimum Gasteiger partial charge on any atom is -0.484 e. The Bertz CT molecular complexity index is 495. The first-order valence-electron chi connectivity index (χ1n) is 5.39. The first kappa shape index (κ1) is 15.2. The topological polar surface area (TPSA) is 66.8 Å². The van der Waals surface area contributed by atoms with E-state index in [1.54, 1.807) is 0 Å². The van der Waals surface area contributed by atoms with Crippen molar-refractivity contribution in [2.24, 2.45) is 0 Å². The van der Waals surface area contributed by atoms with Gasteiger partial charge in [-0.3, -0.25) is 4.79 Å². The van der Waals surface area contributed by atoms with E-state index < -0.39 is 23.7 Å². The molecule has 1 N–H and O–H groups in total. The Balaban J connectivity index is 2.59. The van der Waals surface area contributed by atoms with Gasteiger partial charge in [-0.1, -0.05) is 11.6 Å². The molecule has 0 radical (unpaired) electrons. The Kier molecular flexibility index (Phi) is 5.11. The molecule has 0 aliphatic heterocycles. The number of carbonyl (C=O) groups is 2. The highest BCUT2D eigenvalue weighted by Gasteiger charge is 2.21. The van der Waals surface area contributed by atoms with Crippen LogP contribution in [0.1, 0.15) is 6.92 Å². The summed E-state index contributed by atoms with van der Waals surface area (Å²) in [4.78, 5) is 23.4. The summed E-state index contributed by atoms with van der Waals surface area (Å²) in [6.07, 6.45) is 0. The van der Waals surface area contributed by atoms with Crippen molar-refractivity contribution in [3.63, 3.8) is 0 Å². The summed E-state index contributed by atoms with van der Waals surface area (Å²) in [6.45, 7) is 1.03. The Labute approximate surface area is 114 Å². The molecule has 1 atom stereocenters. The van der Waals surface area contributed by atoms with Crippen LogP contribution in [0.25, 0.3) is 0 Å². The number of halogens is 2. The Morgan fingerprint density at radius 3 is 2.68 bits per heavy atom. The molecule has 0 aromatic heterocycles. The quantitative estimate of drug-likeness (QED) is 0.897. The number of hydrogen-bond donors (Lipinski definition) is 1. The van der Waals surface area contributed by atoms with Gasteiger partial charge in [0.1, 0.15) is 17.6 Å². The zero-order valence-electron chi connectivity index (χ0n) is 10.4. The predicted octanol–water partition coefficient (Wildman–Crippen LogP) is 1.79. The van der Waals surface area contributed by atoms with Crippen LogP contribution >= 0.6 is 11.6 Å². The van der Waals surface area contributed by atoms with E-state index in [4.69, 9.17) is 21.4 Å². The maximum absolute atomic E-state index is 12.9. The molecule has 0 fully saturated rings. The maximum Gasteiger partial charge on any atom is 0.326 e. The zero-order valence-corrected chi connectivity index (χ0v) is 11.1. The van der Waals surface area contributed by atoms with E-state index in [-0.39, 0.29) is 17.4 Å². The van der Waals surface area contributed by atoms with Crippen molar-refractivity contribution in [1.82, 2.24) is 4.90 Å². The van der Waals surface area contributed by atoms with Crippen LogP contribution < -0.4 is 4.74 Å². The second-order valence-electron chi connectivity index (χ2n) is 3.88. The molecule has 1 unspecified atom stereocenters. The smallest absolute Gasteiger partial charge is 0.326 e. The Morgan fingerprint density at radius 1 is 1.53 bits per heavy atom. The van der Waals surface area contributed by atoms with Gasteiger partial charge in [-0.05, 0) is 19.1 Å². The van der Waals surface area contributed by atoms with Crippen molar-refractivity contribution < 1.29 is 23.8 Å². The highest BCUT2D eigenvalue weighted by molar-refractivity contribution is 6.30. The third kappa shape index (κ3) is 4.10. The van der Waals surface area contributed by atoms with Gasteiger partial charge in [0.05, 0.1) is 5.02 Å². The lowest BCUT2D eigenvalue weighted by atomic mass is 10.3. The zero-order chi connectivity index (χ0) is 14.6. The third-order valence-corrected chi connectivity index (χ3v) is 2.87. The molecule has 0 aliphatic carbocycles. The second kappa shape index (κ2) is 6.38. The summed E-state index contributed by atoms with van der Waals surface area (Å²) in [5, 5.41) is 8.65. The molecule has 7 heteroatoms. The van der Waals surface area contributed by atoms with Crippen LogP contribution in [0.2, 0.25) is 5.02 Å². The van der Waals surface area contributed by atoms with Crippen LogP contribution in [0.5, 0.6) is 5.75 Å². The van der Waals surface area contributed by atoms with Gasteiger partial charge in [0.15, 0.2) is 6.61 Å². The fourth-order valence-electron chi connectivity index (χ4n) is 1.20. The molecule has 1 amide bonds. The summed E-state index contributed by atoms with van der Waals surface area (Å²) in [7, 11) is 1.36. The lowest BCUT2D eigenvalue weighted by Crippen LogP contribution is -2.42. The molecule has 1 aromatic carbocycles. The standard InChI is InChI=1S/C12H13ClFNO4/c1-7(12(17)18)15(2)11(16)6-19-8-3-4-10(14)9(13)5-8/h3-5,7H,6H2,1-2H3,(H,17,18). The summed E-state index contributed by atoms with van der Waals surface area (Å²) < 4.78 is 18.0. The van der Waals surface area contributed by atoms with E-state index in [9.17, 15) is 14.0 Å². The fourth-order valence-corrected chi connectivity index (χ4v) is 1.37. The number of amides is 1. The minimum atomic E-state index is -1.11. The number of carboxylic acids is 1. The molecule has 0 aliphatic rings. The van der Waals surface area contributed by atoms with E-state index in [2.05, 4.69) is 0 Å². The van der Waals surface area contributed by atoms with Crippen molar-refractivity contribution in [2.45, 2.75) is 13.0 Å². The number of hydrogen-bond acceptors (Lipinski definition) is 3. The normalized spacial score (nSPS) is 11.8. The van der Waals surface area contributed by atoms with Crippen molar-refractivity contribution in [1.29, 1.82) is 0 Å². The van der Waals surface area contributed by atoms with E-state index in [1.807, 2.05) is 0 Å². The summed E-state index contributed by atoms with van der Waals surface area (Å²) in [5.74, 6) is -1.97. The molecule has 5 nitrogen and oxygen atoms in total. The monoisotopic (exact) mass is 289 g/mol. The molecule has 0 spiro atoms. The minimum absolute atomic E-state index is 0.114. The molecular formula is C12H13ClFNO4. The SMILES string of the molecule is CC(C(=O)O)N(C)C(=O)COc1ccc(F)c(Cl)c1. The van der Waals surface area contributed by atoms with Gasteiger partial charge in [-0.2, -0.15) is 0 Å². The number of carbonyl (C=O) groups excluding carboxylic acids is 1. The van der Waals surface area contributed by atoms with Gasteiger partial charge in [0, 0.05) is 13.1 Å². The highest BCUT2D eigenvalue weighted by atomic mass is 35.5. The number of ether oxygens (including phenoxy) is 1. The van der Waals surface area contributed by atoms with E-state index in [1.165, 1.54) is 26.1 Å². The lowest BCUT2D eigenvalue weighted by Gasteiger charge is -2.21. The highest BCUT2D eigenvalue weighted by Crippen LogP contribution is 2.21. The Morgan fingerprint density at radius 2 is 2.16 bits per heavy atom.